The first-order chi connectivity index (χ1) is 12.1. The van der Waals surface area contributed by atoms with Crippen molar-refractivity contribution in [3.05, 3.63) is 35.1 Å². The molecule has 0 spiro atoms. The summed E-state index contributed by atoms with van der Waals surface area (Å²) >= 11 is 0. The predicted octanol–water partition coefficient (Wildman–Crippen LogP) is 1.76. The number of guanidine groups is 1. The number of halogens is 1. The Balaban J connectivity index is 1.85. The van der Waals surface area contributed by atoms with E-state index < -0.39 is 0 Å². The summed E-state index contributed by atoms with van der Waals surface area (Å²) < 4.78 is 13.8. The van der Waals surface area contributed by atoms with Gasteiger partial charge in [-0.05, 0) is 38.0 Å². The molecule has 1 aliphatic heterocycles. The summed E-state index contributed by atoms with van der Waals surface area (Å²) in [4.78, 5) is 17.8. The van der Waals surface area contributed by atoms with Crippen molar-refractivity contribution in [2.24, 2.45) is 4.99 Å². The second kappa shape index (κ2) is 9.62. The molecule has 1 aromatic rings. The first kappa shape index (κ1) is 18.7. The Morgan fingerprint density at radius 1 is 1.44 bits per heavy atom. The van der Waals surface area contributed by atoms with Gasteiger partial charge in [-0.1, -0.05) is 0 Å². The highest BCUT2D eigenvalue weighted by atomic mass is 19.1. The van der Waals surface area contributed by atoms with Crippen LogP contribution >= 0.6 is 0 Å². The van der Waals surface area contributed by atoms with Crippen LogP contribution in [0.1, 0.15) is 37.3 Å². The molecule has 1 heterocycles. The van der Waals surface area contributed by atoms with Gasteiger partial charge in [-0.25, -0.2) is 9.38 Å². The average molecular weight is 345 g/mol. The van der Waals surface area contributed by atoms with E-state index in [0.29, 0.717) is 36.6 Å². The number of benzene rings is 1. The van der Waals surface area contributed by atoms with Gasteiger partial charge in [0, 0.05) is 38.2 Å². The third-order valence-electron chi connectivity index (χ3n) is 4.00. The summed E-state index contributed by atoms with van der Waals surface area (Å²) in [6.45, 7) is 5.07. The summed E-state index contributed by atoms with van der Waals surface area (Å²) in [6.07, 6.45) is 2.43. The van der Waals surface area contributed by atoms with Crippen LogP contribution in [0.15, 0.2) is 23.2 Å². The molecule has 0 bridgehead atoms. The van der Waals surface area contributed by atoms with Gasteiger partial charge in [0.2, 0.25) is 5.91 Å². The van der Waals surface area contributed by atoms with Crippen LogP contribution in [0.5, 0.6) is 0 Å². The number of nitrogens with one attached hydrogen (secondary N) is 2. The molecule has 1 aromatic carbocycles. The number of hydrogen-bond acceptors (Lipinski definition) is 3. The molecular formula is C18H24FN5O. The Hall–Kier alpha value is -2.62. The highest BCUT2D eigenvalue weighted by Gasteiger charge is 2.18. The Morgan fingerprint density at radius 3 is 2.96 bits per heavy atom. The van der Waals surface area contributed by atoms with Gasteiger partial charge in [0.1, 0.15) is 5.82 Å². The molecule has 0 atom stereocenters. The maximum Gasteiger partial charge on any atom is 0.222 e. The largest absolute Gasteiger partial charge is 0.357 e. The summed E-state index contributed by atoms with van der Waals surface area (Å²) in [5.41, 5.74) is 0.804. The second-order valence-electron chi connectivity index (χ2n) is 5.88. The molecule has 7 heteroatoms. The van der Waals surface area contributed by atoms with Crippen molar-refractivity contribution < 1.29 is 9.18 Å². The molecule has 0 aliphatic carbocycles. The van der Waals surface area contributed by atoms with E-state index in [1.807, 2.05) is 17.9 Å². The topological polar surface area (TPSA) is 80.5 Å². The van der Waals surface area contributed by atoms with E-state index in [1.54, 1.807) is 0 Å². The van der Waals surface area contributed by atoms with E-state index in [4.69, 9.17) is 5.26 Å². The number of likely N-dealkylation sites (tertiary alicyclic amines) is 1. The smallest absolute Gasteiger partial charge is 0.222 e. The van der Waals surface area contributed by atoms with Crippen molar-refractivity contribution in [1.82, 2.24) is 15.5 Å². The Bertz CT molecular complexity index is 668. The van der Waals surface area contributed by atoms with Gasteiger partial charge in [0.05, 0.1) is 18.2 Å². The first-order valence-corrected chi connectivity index (χ1v) is 8.62. The zero-order valence-corrected chi connectivity index (χ0v) is 14.5. The summed E-state index contributed by atoms with van der Waals surface area (Å²) in [7, 11) is 0. The molecular weight excluding hydrogens is 321 g/mol. The maximum atomic E-state index is 13.8. The fourth-order valence-corrected chi connectivity index (χ4v) is 2.69. The van der Waals surface area contributed by atoms with E-state index in [0.717, 1.165) is 25.9 Å². The van der Waals surface area contributed by atoms with E-state index in [2.05, 4.69) is 15.6 Å². The lowest BCUT2D eigenvalue weighted by molar-refractivity contribution is -0.127. The Kier molecular flexibility index (Phi) is 7.20. The van der Waals surface area contributed by atoms with Crippen LogP contribution < -0.4 is 10.6 Å². The lowest BCUT2D eigenvalue weighted by Crippen LogP contribution is -2.39. The van der Waals surface area contributed by atoms with Crippen LogP contribution in [0.4, 0.5) is 4.39 Å². The van der Waals surface area contributed by atoms with Gasteiger partial charge in [-0.3, -0.25) is 4.79 Å². The van der Waals surface area contributed by atoms with Crippen molar-refractivity contribution in [2.45, 2.75) is 32.7 Å². The summed E-state index contributed by atoms with van der Waals surface area (Å²) in [6, 6.07) is 6.25. The van der Waals surface area contributed by atoms with Gasteiger partial charge >= 0.3 is 0 Å². The van der Waals surface area contributed by atoms with Gasteiger partial charge in [0.15, 0.2) is 5.96 Å². The van der Waals surface area contributed by atoms with Gasteiger partial charge in [-0.2, -0.15) is 5.26 Å². The van der Waals surface area contributed by atoms with Crippen molar-refractivity contribution in [1.29, 1.82) is 5.26 Å². The summed E-state index contributed by atoms with van der Waals surface area (Å²) in [5.74, 6) is 0.455. The van der Waals surface area contributed by atoms with E-state index in [-0.39, 0.29) is 18.3 Å². The molecule has 2 N–H and O–H groups in total. The minimum Gasteiger partial charge on any atom is -0.357 e. The number of nitrogens with zero attached hydrogens (tertiary/aromatic N) is 3. The summed E-state index contributed by atoms with van der Waals surface area (Å²) in [5, 5.41) is 15.2. The number of nitriles is 1. The fourth-order valence-electron chi connectivity index (χ4n) is 2.69. The number of amides is 1. The molecule has 0 radical (unpaired) electrons. The Labute approximate surface area is 147 Å². The molecule has 134 valence electrons. The van der Waals surface area contributed by atoms with Crippen LogP contribution in [0, 0.1) is 17.1 Å². The van der Waals surface area contributed by atoms with E-state index in [9.17, 15) is 9.18 Å². The zero-order chi connectivity index (χ0) is 18.1. The fraction of sp³-hybridized carbons (Fsp3) is 0.500. The second-order valence-corrected chi connectivity index (χ2v) is 5.88. The quantitative estimate of drug-likeness (QED) is 0.448. The first-order valence-electron chi connectivity index (χ1n) is 8.62. The monoisotopic (exact) mass is 345 g/mol. The van der Waals surface area contributed by atoms with Crippen molar-refractivity contribution in [2.75, 3.05) is 26.2 Å². The highest BCUT2D eigenvalue weighted by Crippen LogP contribution is 2.11. The van der Waals surface area contributed by atoms with Gasteiger partial charge in [-0.15, -0.1) is 0 Å². The lowest BCUT2D eigenvalue weighted by Gasteiger charge is -2.16. The van der Waals surface area contributed by atoms with Crippen molar-refractivity contribution in [3.63, 3.8) is 0 Å². The zero-order valence-electron chi connectivity index (χ0n) is 14.5. The molecule has 1 saturated heterocycles. The molecule has 0 unspecified atom stereocenters. The molecule has 6 nitrogen and oxygen atoms in total. The third kappa shape index (κ3) is 5.75. The molecule has 2 rings (SSSR count). The van der Waals surface area contributed by atoms with E-state index in [1.165, 1.54) is 18.2 Å². The predicted molar refractivity (Wildman–Crippen MR) is 94.4 cm³/mol. The average Bonchev–Trinajstić information content (AvgIpc) is 3.02. The van der Waals surface area contributed by atoms with Gasteiger partial charge < -0.3 is 15.5 Å². The number of hydrogen-bond donors (Lipinski definition) is 2. The van der Waals surface area contributed by atoms with Crippen LogP contribution in [-0.2, 0) is 11.3 Å². The maximum absolute atomic E-state index is 13.8. The minimum atomic E-state index is -0.369. The lowest BCUT2D eigenvalue weighted by atomic mass is 10.1. The van der Waals surface area contributed by atoms with Crippen LogP contribution in [0.25, 0.3) is 0 Å². The highest BCUT2D eigenvalue weighted by molar-refractivity contribution is 5.79. The normalized spacial score (nSPS) is 14.5. The number of carbonyl (C=O) groups is 1. The Morgan fingerprint density at radius 2 is 2.28 bits per heavy atom. The molecule has 0 aromatic heterocycles. The van der Waals surface area contributed by atoms with Crippen molar-refractivity contribution in [3.8, 4) is 6.07 Å². The van der Waals surface area contributed by atoms with Crippen molar-refractivity contribution >= 4 is 11.9 Å². The molecule has 1 fully saturated rings. The number of aliphatic imine (C=N–C) groups is 1. The van der Waals surface area contributed by atoms with Crippen LogP contribution in [0.2, 0.25) is 0 Å². The number of carbonyl (C=O) groups excluding carboxylic acids is 1. The molecule has 0 saturated carbocycles. The third-order valence-corrected chi connectivity index (χ3v) is 4.00. The SMILES string of the molecule is CCNC(=NCc1cc(C#N)ccc1F)NCCCN1CCCC1=O. The van der Waals surface area contributed by atoms with Gasteiger partial charge in [0.25, 0.3) is 0 Å². The van der Waals surface area contributed by atoms with Crippen LogP contribution in [0.3, 0.4) is 0 Å². The molecule has 1 aliphatic rings. The standard InChI is InChI=1S/C18H24FN5O/c1-2-21-18(22-8-4-10-24-9-3-5-17(24)25)23-13-15-11-14(12-20)6-7-16(15)19/h6-7,11H,2-5,8-10,13H2,1H3,(H2,21,22,23). The molecule has 25 heavy (non-hydrogen) atoms. The van der Waals surface area contributed by atoms with E-state index >= 15 is 0 Å². The minimum absolute atomic E-state index is 0.154. The van der Waals surface area contributed by atoms with Crippen LogP contribution in [-0.4, -0.2) is 42.9 Å². The number of rotatable bonds is 7. The molecule has 1 amide bonds.